The van der Waals surface area contributed by atoms with Gasteiger partial charge >= 0.3 is 0 Å². The molecular formula is C19H16ClN3O. The summed E-state index contributed by atoms with van der Waals surface area (Å²) in [5.41, 5.74) is 3.45. The number of benzene rings is 2. The van der Waals surface area contributed by atoms with Crippen LogP contribution in [0.1, 0.15) is 28.9 Å². The summed E-state index contributed by atoms with van der Waals surface area (Å²) >= 11 is 6.05. The summed E-state index contributed by atoms with van der Waals surface area (Å²) in [5.74, 6) is 0.740. The molecule has 0 amide bonds. The monoisotopic (exact) mass is 337 g/mol. The standard InChI is InChI=1S/C19H16ClN3O/c20-13-6-4-7-14(12-13)21-19-18-16(10-5-11-17(18)24)23(22-19)15-8-2-1-3-9-15/h1-4,6-9,12H,5,10-11H2,(H,21,22). The molecule has 24 heavy (non-hydrogen) atoms. The number of anilines is 2. The third kappa shape index (κ3) is 2.69. The molecule has 4 nitrogen and oxygen atoms in total. The van der Waals surface area contributed by atoms with Crippen LogP contribution in [-0.4, -0.2) is 15.6 Å². The van der Waals surface area contributed by atoms with E-state index in [1.165, 1.54) is 0 Å². The number of rotatable bonds is 3. The zero-order valence-electron chi connectivity index (χ0n) is 13.0. The molecule has 2 aromatic carbocycles. The van der Waals surface area contributed by atoms with Crippen molar-refractivity contribution in [1.29, 1.82) is 0 Å². The van der Waals surface area contributed by atoms with E-state index in [-0.39, 0.29) is 5.78 Å². The molecule has 1 aliphatic rings. The van der Waals surface area contributed by atoms with Crippen LogP contribution < -0.4 is 5.32 Å². The summed E-state index contributed by atoms with van der Waals surface area (Å²) in [5, 5.41) is 8.58. The van der Waals surface area contributed by atoms with Crippen LogP contribution in [0.25, 0.3) is 5.69 Å². The maximum Gasteiger partial charge on any atom is 0.168 e. The number of nitrogens with one attached hydrogen (secondary N) is 1. The molecule has 0 atom stereocenters. The molecule has 1 N–H and O–H groups in total. The molecule has 0 fully saturated rings. The number of hydrogen-bond donors (Lipinski definition) is 1. The van der Waals surface area contributed by atoms with Crippen molar-refractivity contribution in [3.8, 4) is 5.69 Å². The van der Waals surface area contributed by atoms with Crippen LogP contribution >= 0.6 is 11.6 Å². The topological polar surface area (TPSA) is 46.9 Å². The smallest absolute Gasteiger partial charge is 0.168 e. The number of Topliss-reactive ketones (excluding diaryl/α,β-unsaturated/α-hetero) is 1. The number of nitrogens with zero attached hydrogens (tertiary/aromatic N) is 2. The van der Waals surface area contributed by atoms with Crippen LogP contribution in [0, 0.1) is 0 Å². The predicted octanol–water partition coefficient (Wildman–Crippen LogP) is 4.79. The van der Waals surface area contributed by atoms with Crippen LogP contribution in [0.2, 0.25) is 5.02 Å². The first kappa shape index (κ1) is 15.0. The maximum atomic E-state index is 12.5. The molecule has 4 rings (SSSR count). The highest BCUT2D eigenvalue weighted by Crippen LogP contribution is 2.32. The van der Waals surface area contributed by atoms with E-state index in [1.807, 2.05) is 59.3 Å². The molecule has 0 spiro atoms. The van der Waals surface area contributed by atoms with Gasteiger partial charge in [0.25, 0.3) is 0 Å². The quantitative estimate of drug-likeness (QED) is 0.747. The molecular weight excluding hydrogens is 322 g/mol. The normalized spacial score (nSPS) is 13.6. The molecule has 1 aromatic heterocycles. The van der Waals surface area contributed by atoms with Gasteiger partial charge in [0.2, 0.25) is 0 Å². The Balaban J connectivity index is 1.82. The minimum Gasteiger partial charge on any atom is -0.338 e. The van der Waals surface area contributed by atoms with Crippen molar-refractivity contribution in [1.82, 2.24) is 9.78 Å². The van der Waals surface area contributed by atoms with Crippen LogP contribution in [0.15, 0.2) is 54.6 Å². The Labute approximate surface area is 145 Å². The van der Waals surface area contributed by atoms with Gasteiger partial charge in [0, 0.05) is 17.1 Å². The summed E-state index contributed by atoms with van der Waals surface area (Å²) in [7, 11) is 0. The molecule has 0 bridgehead atoms. The number of aromatic nitrogens is 2. The van der Waals surface area contributed by atoms with E-state index >= 15 is 0 Å². The SMILES string of the molecule is O=C1CCCc2c1c(Nc1cccc(Cl)c1)nn2-c1ccccc1. The van der Waals surface area contributed by atoms with Crippen molar-refractivity contribution < 1.29 is 4.79 Å². The minimum atomic E-state index is 0.142. The first-order chi connectivity index (χ1) is 11.7. The van der Waals surface area contributed by atoms with E-state index in [1.54, 1.807) is 0 Å². The number of carbonyl (C=O) groups is 1. The Hall–Kier alpha value is -2.59. The first-order valence-corrected chi connectivity index (χ1v) is 8.33. The van der Waals surface area contributed by atoms with Crippen molar-refractivity contribution >= 4 is 28.9 Å². The van der Waals surface area contributed by atoms with E-state index in [0.717, 1.165) is 29.9 Å². The number of fused-ring (bicyclic) bond motifs is 1. The Morgan fingerprint density at radius 1 is 1.04 bits per heavy atom. The summed E-state index contributed by atoms with van der Waals surface area (Å²) in [4.78, 5) is 12.5. The number of hydrogen-bond acceptors (Lipinski definition) is 3. The molecule has 1 aliphatic carbocycles. The van der Waals surface area contributed by atoms with Crippen LogP contribution in [0.4, 0.5) is 11.5 Å². The van der Waals surface area contributed by atoms with E-state index in [0.29, 0.717) is 22.8 Å². The molecule has 0 saturated carbocycles. The van der Waals surface area contributed by atoms with E-state index in [4.69, 9.17) is 11.6 Å². The zero-order valence-corrected chi connectivity index (χ0v) is 13.8. The lowest BCUT2D eigenvalue weighted by atomic mass is 9.95. The average molecular weight is 338 g/mol. The fourth-order valence-electron chi connectivity index (χ4n) is 3.09. The predicted molar refractivity (Wildman–Crippen MR) is 95.6 cm³/mol. The van der Waals surface area contributed by atoms with Crippen molar-refractivity contribution in [2.45, 2.75) is 19.3 Å². The summed E-state index contributed by atoms with van der Waals surface area (Å²) in [6, 6.07) is 17.3. The molecule has 5 heteroatoms. The largest absolute Gasteiger partial charge is 0.338 e. The van der Waals surface area contributed by atoms with Gasteiger partial charge in [-0.2, -0.15) is 0 Å². The van der Waals surface area contributed by atoms with Gasteiger partial charge in [-0.3, -0.25) is 4.79 Å². The number of ketones is 1. The van der Waals surface area contributed by atoms with Crippen molar-refractivity contribution in [3.05, 3.63) is 70.9 Å². The molecule has 0 unspecified atom stereocenters. The average Bonchev–Trinajstić information content (AvgIpc) is 2.96. The zero-order chi connectivity index (χ0) is 16.5. The van der Waals surface area contributed by atoms with Crippen LogP contribution in [0.5, 0.6) is 0 Å². The Kier molecular flexibility index (Phi) is 3.82. The molecule has 0 radical (unpaired) electrons. The van der Waals surface area contributed by atoms with Gasteiger partial charge < -0.3 is 5.32 Å². The third-order valence-corrected chi connectivity index (χ3v) is 4.40. The van der Waals surface area contributed by atoms with Gasteiger partial charge in [-0.05, 0) is 43.2 Å². The van der Waals surface area contributed by atoms with Gasteiger partial charge in [-0.15, -0.1) is 5.10 Å². The Morgan fingerprint density at radius 2 is 1.88 bits per heavy atom. The molecule has 3 aromatic rings. The number of carbonyl (C=O) groups excluding carboxylic acids is 1. The third-order valence-electron chi connectivity index (χ3n) is 4.17. The lowest BCUT2D eigenvalue weighted by molar-refractivity contribution is 0.0973. The van der Waals surface area contributed by atoms with Gasteiger partial charge in [0.1, 0.15) is 0 Å². The lowest BCUT2D eigenvalue weighted by Gasteiger charge is -2.13. The van der Waals surface area contributed by atoms with Crippen molar-refractivity contribution in [3.63, 3.8) is 0 Å². The van der Waals surface area contributed by atoms with Crippen LogP contribution in [0.3, 0.4) is 0 Å². The molecule has 0 aliphatic heterocycles. The first-order valence-electron chi connectivity index (χ1n) is 7.95. The lowest BCUT2D eigenvalue weighted by Crippen LogP contribution is -2.13. The Morgan fingerprint density at radius 3 is 2.67 bits per heavy atom. The second kappa shape index (κ2) is 6.13. The second-order valence-electron chi connectivity index (χ2n) is 5.83. The van der Waals surface area contributed by atoms with Gasteiger partial charge in [-0.1, -0.05) is 35.9 Å². The summed E-state index contributed by atoms with van der Waals surface area (Å²) in [6.45, 7) is 0. The van der Waals surface area contributed by atoms with E-state index < -0.39 is 0 Å². The summed E-state index contributed by atoms with van der Waals surface area (Å²) in [6.07, 6.45) is 2.28. The highest BCUT2D eigenvalue weighted by Gasteiger charge is 2.27. The second-order valence-corrected chi connectivity index (χ2v) is 6.27. The minimum absolute atomic E-state index is 0.142. The Bertz CT molecular complexity index is 902. The van der Waals surface area contributed by atoms with Crippen molar-refractivity contribution in [2.24, 2.45) is 0 Å². The fourth-order valence-corrected chi connectivity index (χ4v) is 3.28. The number of halogens is 1. The maximum absolute atomic E-state index is 12.5. The fraction of sp³-hybridized carbons (Fsp3) is 0.158. The van der Waals surface area contributed by atoms with Crippen molar-refractivity contribution in [2.75, 3.05) is 5.32 Å². The van der Waals surface area contributed by atoms with Gasteiger partial charge in [-0.25, -0.2) is 4.68 Å². The van der Waals surface area contributed by atoms with Gasteiger partial charge in [0.15, 0.2) is 11.6 Å². The van der Waals surface area contributed by atoms with E-state index in [2.05, 4.69) is 10.4 Å². The highest BCUT2D eigenvalue weighted by molar-refractivity contribution is 6.30. The summed E-state index contributed by atoms with van der Waals surface area (Å²) < 4.78 is 1.87. The number of para-hydroxylation sites is 1. The molecule has 1 heterocycles. The van der Waals surface area contributed by atoms with Crippen LogP contribution in [-0.2, 0) is 6.42 Å². The molecule has 0 saturated heterocycles. The highest BCUT2D eigenvalue weighted by atomic mass is 35.5. The molecule has 120 valence electrons. The van der Waals surface area contributed by atoms with E-state index in [9.17, 15) is 4.79 Å². The van der Waals surface area contributed by atoms with Gasteiger partial charge in [0.05, 0.1) is 16.9 Å².